The first-order valence-corrected chi connectivity index (χ1v) is 4.01. The normalized spacial score (nSPS) is 9.55. The van der Waals surface area contributed by atoms with E-state index in [9.17, 15) is 5.21 Å². The summed E-state index contributed by atoms with van der Waals surface area (Å²) >= 11 is 3.23. The van der Waals surface area contributed by atoms with Gasteiger partial charge in [0.1, 0.15) is 0 Å². The highest BCUT2D eigenvalue weighted by Gasteiger charge is 1.98. The molecule has 0 aromatic carbocycles. The minimum atomic E-state index is 0.724. The van der Waals surface area contributed by atoms with Gasteiger partial charge in [0.2, 0.25) is 0 Å². The zero-order valence-corrected chi connectivity index (χ0v) is 7.54. The van der Waals surface area contributed by atoms with Crippen molar-refractivity contribution in [2.75, 3.05) is 0 Å². The Hall–Kier alpha value is -0.830. The van der Waals surface area contributed by atoms with Crippen LogP contribution in [0.25, 0.3) is 0 Å². The highest BCUT2D eigenvalue weighted by Crippen LogP contribution is 2.08. The van der Waals surface area contributed by atoms with Gasteiger partial charge < -0.3 is 5.21 Å². The largest absolute Gasteiger partial charge is 0.619 e. The first kappa shape index (κ1) is 8.27. The molecule has 58 valence electrons. The molecule has 3 heteroatoms. The smallest absolute Gasteiger partial charge is 0.194 e. The molecular weight excluding hydrogens is 206 g/mol. The van der Waals surface area contributed by atoms with Gasteiger partial charge in [-0.25, -0.2) is 0 Å². The Morgan fingerprint density at radius 2 is 2.36 bits per heavy atom. The van der Waals surface area contributed by atoms with E-state index in [-0.39, 0.29) is 0 Å². The number of rotatable bonds is 2. The van der Waals surface area contributed by atoms with Gasteiger partial charge in [0, 0.05) is 5.56 Å². The minimum Gasteiger partial charge on any atom is -0.619 e. The molecule has 0 bridgehead atoms. The van der Waals surface area contributed by atoms with Crippen LogP contribution >= 0.6 is 15.9 Å². The number of nitrogens with zero attached hydrogens (tertiary/aromatic N) is 1. The molecule has 0 aliphatic rings. The molecule has 1 rings (SSSR count). The first-order valence-electron chi connectivity index (χ1n) is 3.21. The second-order valence-corrected chi connectivity index (χ2v) is 3.13. The predicted molar refractivity (Wildman–Crippen MR) is 47.0 cm³/mol. The van der Waals surface area contributed by atoms with Gasteiger partial charge in [-0.1, -0.05) is 6.08 Å². The number of pyridine rings is 1. The van der Waals surface area contributed by atoms with E-state index in [4.69, 9.17) is 0 Å². The Kier molecular flexibility index (Phi) is 2.65. The summed E-state index contributed by atoms with van der Waals surface area (Å²) in [6.45, 7) is 3.59. The van der Waals surface area contributed by atoms with Crippen molar-refractivity contribution in [2.45, 2.75) is 6.42 Å². The Morgan fingerprint density at radius 1 is 1.64 bits per heavy atom. The molecule has 0 spiro atoms. The maximum Gasteiger partial charge on any atom is 0.194 e. The lowest BCUT2D eigenvalue weighted by Gasteiger charge is -1.98. The van der Waals surface area contributed by atoms with Crippen LogP contribution in [-0.2, 0) is 6.42 Å². The van der Waals surface area contributed by atoms with Crippen molar-refractivity contribution >= 4 is 15.9 Å². The summed E-state index contributed by atoms with van der Waals surface area (Å²) in [7, 11) is 0. The topological polar surface area (TPSA) is 26.9 Å². The standard InChI is InChI=1S/C8H8BrNO/c1-2-3-7-4-8(9)6-10(11)5-7/h2,4-6H,1,3H2. The molecule has 1 aromatic heterocycles. The summed E-state index contributed by atoms with van der Waals surface area (Å²) in [5.41, 5.74) is 0.962. The molecule has 0 fully saturated rings. The Balaban J connectivity index is 2.98. The maximum absolute atomic E-state index is 10.8. The lowest BCUT2D eigenvalue weighted by Crippen LogP contribution is -2.25. The second-order valence-electron chi connectivity index (χ2n) is 2.22. The average molecular weight is 214 g/mol. The molecule has 0 unspecified atom stereocenters. The lowest BCUT2D eigenvalue weighted by molar-refractivity contribution is -0.606. The maximum atomic E-state index is 10.8. The SMILES string of the molecule is C=CCc1cc(Br)c[n+]([O-])c1. The molecule has 0 saturated carbocycles. The van der Waals surface area contributed by atoms with Gasteiger partial charge in [-0.05, 0) is 28.4 Å². The van der Waals surface area contributed by atoms with Crippen molar-refractivity contribution < 1.29 is 4.73 Å². The van der Waals surface area contributed by atoms with Crippen molar-refractivity contribution in [3.05, 3.63) is 46.4 Å². The summed E-state index contributed by atoms with van der Waals surface area (Å²) in [4.78, 5) is 0. The highest BCUT2D eigenvalue weighted by atomic mass is 79.9. The molecule has 1 aromatic rings. The third-order valence-electron chi connectivity index (χ3n) is 1.25. The lowest BCUT2D eigenvalue weighted by atomic mass is 10.2. The van der Waals surface area contributed by atoms with Gasteiger partial charge in [-0.15, -0.1) is 6.58 Å². The minimum absolute atomic E-state index is 0.724. The zero-order chi connectivity index (χ0) is 8.27. The molecule has 1 heterocycles. The van der Waals surface area contributed by atoms with E-state index in [1.807, 2.05) is 6.07 Å². The number of hydrogen-bond donors (Lipinski definition) is 0. The van der Waals surface area contributed by atoms with Crippen molar-refractivity contribution in [2.24, 2.45) is 0 Å². The second kappa shape index (κ2) is 3.53. The molecule has 0 aliphatic heterocycles. The van der Waals surface area contributed by atoms with Gasteiger partial charge in [0.15, 0.2) is 12.4 Å². The van der Waals surface area contributed by atoms with Crippen molar-refractivity contribution in [1.82, 2.24) is 0 Å². The molecule has 2 nitrogen and oxygen atoms in total. The fourth-order valence-electron chi connectivity index (χ4n) is 0.852. The first-order chi connectivity index (χ1) is 5.22. The molecular formula is C8H8BrNO. The van der Waals surface area contributed by atoms with E-state index in [0.717, 1.165) is 21.2 Å². The van der Waals surface area contributed by atoms with Crippen LogP contribution in [0.15, 0.2) is 35.6 Å². The third-order valence-corrected chi connectivity index (χ3v) is 1.68. The zero-order valence-electron chi connectivity index (χ0n) is 5.96. The fourth-order valence-corrected chi connectivity index (χ4v) is 1.35. The monoisotopic (exact) mass is 213 g/mol. The summed E-state index contributed by atoms with van der Waals surface area (Å²) in [5.74, 6) is 0. The Labute approximate surface area is 73.9 Å². The van der Waals surface area contributed by atoms with Gasteiger partial charge in [0.05, 0.1) is 4.47 Å². The number of aromatic nitrogens is 1. The van der Waals surface area contributed by atoms with Gasteiger partial charge in [-0.2, -0.15) is 4.73 Å². The molecule has 0 atom stereocenters. The van der Waals surface area contributed by atoms with E-state index in [0.29, 0.717) is 0 Å². The van der Waals surface area contributed by atoms with Crippen LogP contribution in [0.2, 0.25) is 0 Å². The Bertz CT molecular complexity index is 253. The molecule has 11 heavy (non-hydrogen) atoms. The molecule has 0 amide bonds. The van der Waals surface area contributed by atoms with Crippen LogP contribution in [0.5, 0.6) is 0 Å². The van der Waals surface area contributed by atoms with Crippen LogP contribution in [0.1, 0.15) is 5.56 Å². The van der Waals surface area contributed by atoms with E-state index in [2.05, 4.69) is 22.5 Å². The van der Waals surface area contributed by atoms with Crippen molar-refractivity contribution in [3.63, 3.8) is 0 Å². The van der Waals surface area contributed by atoms with Crippen LogP contribution < -0.4 is 4.73 Å². The van der Waals surface area contributed by atoms with E-state index >= 15 is 0 Å². The molecule has 0 radical (unpaired) electrons. The summed E-state index contributed by atoms with van der Waals surface area (Å²) in [5, 5.41) is 10.8. The molecule has 0 saturated heterocycles. The van der Waals surface area contributed by atoms with E-state index < -0.39 is 0 Å². The van der Waals surface area contributed by atoms with E-state index in [1.54, 1.807) is 6.08 Å². The molecule has 0 N–H and O–H groups in total. The van der Waals surface area contributed by atoms with E-state index in [1.165, 1.54) is 12.4 Å². The van der Waals surface area contributed by atoms with Crippen LogP contribution in [0, 0.1) is 5.21 Å². The van der Waals surface area contributed by atoms with Crippen molar-refractivity contribution in [3.8, 4) is 0 Å². The summed E-state index contributed by atoms with van der Waals surface area (Å²) in [6, 6.07) is 1.90. The van der Waals surface area contributed by atoms with Crippen LogP contribution in [0.4, 0.5) is 0 Å². The van der Waals surface area contributed by atoms with Gasteiger partial charge in [-0.3, -0.25) is 0 Å². The molecule has 0 aliphatic carbocycles. The van der Waals surface area contributed by atoms with Gasteiger partial charge in [0.25, 0.3) is 0 Å². The number of halogens is 1. The number of allylic oxidation sites excluding steroid dienone is 1. The fraction of sp³-hybridized carbons (Fsp3) is 0.125. The van der Waals surface area contributed by atoms with Crippen LogP contribution in [0.3, 0.4) is 0 Å². The van der Waals surface area contributed by atoms with Gasteiger partial charge >= 0.3 is 0 Å². The Morgan fingerprint density at radius 3 is 2.91 bits per heavy atom. The quantitative estimate of drug-likeness (QED) is 0.419. The number of hydrogen-bond acceptors (Lipinski definition) is 1. The predicted octanol–water partition coefficient (Wildman–Crippen LogP) is 1.81. The van der Waals surface area contributed by atoms with Crippen molar-refractivity contribution in [1.29, 1.82) is 0 Å². The third kappa shape index (κ3) is 2.35. The highest BCUT2D eigenvalue weighted by molar-refractivity contribution is 9.10. The van der Waals surface area contributed by atoms with Crippen LogP contribution in [-0.4, -0.2) is 0 Å². The summed E-state index contributed by atoms with van der Waals surface area (Å²) in [6.07, 6.45) is 5.49. The average Bonchev–Trinajstić information content (AvgIpc) is 1.85. The summed E-state index contributed by atoms with van der Waals surface area (Å²) < 4.78 is 1.58.